The Bertz CT molecular complexity index is 1260. The Morgan fingerprint density at radius 3 is 2.21 bits per heavy atom. The van der Waals surface area contributed by atoms with Gasteiger partial charge < -0.3 is 10.1 Å². The third-order valence-corrected chi connectivity index (χ3v) is 5.07. The number of carbonyl (C=O) groups excluding carboxylic acids is 2. The van der Waals surface area contributed by atoms with E-state index in [1.165, 1.54) is 24.3 Å². The van der Waals surface area contributed by atoms with Gasteiger partial charge in [0.1, 0.15) is 17.3 Å². The molecule has 1 aliphatic rings. The standard InChI is InChI=1S/C26H20FN3O3/c1-2-15-33-22-13-5-18(6-14-22)23-24(29-20-9-7-19(27)8-10-20)26(32)30(25(23)31)21-11-3-17(16-28)4-12-21/h3-14,29H,2,15H2,1H3. The lowest BCUT2D eigenvalue weighted by Crippen LogP contribution is -2.32. The fourth-order valence-corrected chi connectivity index (χ4v) is 3.45. The number of benzene rings is 3. The monoisotopic (exact) mass is 441 g/mol. The van der Waals surface area contributed by atoms with Crippen LogP contribution in [0.2, 0.25) is 0 Å². The van der Waals surface area contributed by atoms with Crippen molar-refractivity contribution < 1.29 is 18.7 Å². The molecule has 0 unspecified atom stereocenters. The minimum Gasteiger partial charge on any atom is -0.494 e. The van der Waals surface area contributed by atoms with Gasteiger partial charge in [0.05, 0.1) is 29.5 Å². The summed E-state index contributed by atoms with van der Waals surface area (Å²) in [7, 11) is 0. The van der Waals surface area contributed by atoms with Crippen LogP contribution in [0.25, 0.3) is 5.57 Å². The summed E-state index contributed by atoms with van der Waals surface area (Å²) in [4.78, 5) is 27.8. The summed E-state index contributed by atoms with van der Waals surface area (Å²) < 4.78 is 19.0. The first-order valence-electron chi connectivity index (χ1n) is 10.4. The van der Waals surface area contributed by atoms with Gasteiger partial charge >= 0.3 is 0 Å². The van der Waals surface area contributed by atoms with Crippen LogP contribution < -0.4 is 15.0 Å². The molecule has 1 aliphatic heterocycles. The number of imide groups is 1. The Morgan fingerprint density at radius 2 is 1.61 bits per heavy atom. The van der Waals surface area contributed by atoms with Crippen molar-refractivity contribution in [1.82, 2.24) is 0 Å². The van der Waals surface area contributed by atoms with Crippen LogP contribution in [0.1, 0.15) is 24.5 Å². The fourth-order valence-electron chi connectivity index (χ4n) is 3.45. The number of carbonyl (C=O) groups is 2. The molecule has 1 N–H and O–H groups in total. The van der Waals surface area contributed by atoms with E-state index in [1.807, 2.05) is 13.0 Å². The van der Waals surface area contributed by atoms with E-state index in [-0.39, 0.29) is 11.3 Å². The molecule has 0 radical (unpaired) electrons. The van der Waals surface area contributed by atoms with Gasteiger partial charge in [-0.2, -0.15) is 5.26 Å². The maximum absolute atomic E-state index is 13.4. The van der Waals surface area contributed by atoms with E-state index < -0.39 is 17.6 Å². The first kappa shape index (κ1) is 21.8. The first-order chi connectivity index (χ1) is 16.0. The fraction of sp³-hybridized carbons (Fsp3) is 0.115. The molecule has 1 heterocycles. The second kappa shape index (κ2) is 9.37. The number of hydrogen-bond acceptors (Lipinski definition) is 5. The second-order valence-corrected chi connectivity index (χ2v) is 7.36. The Labute approximate surface area is 190 Å². The van der Waals surface area contributed by atoms with Gasteiger partial charge in [0.15, 0.2) is 0 Å². The number of nitrogens with one attached hydrogen (secondary N) is 1. The zero-order valence-corrected chi connectivity index (χ0v) is 17.8. The lowest BCUT2D eigenvalue weighted by Gasteiger charge is -2.15. The third-order valence-electron chi connectivity index (χ3n) is 5.07. The molecule has 3 aromatic rings. The molecular formula is C26H20FN3O3. The van der Waals surface area contributed by atoms with Crippen LogP contribution in [-0.2, 0) is 9.59 Å². The topological polar surface area (TPSA) is 82.4 Å². The number of hydrogen-bond donors (Lipinski definition) is 1. The Kier molecular flexibility index (Phi) is 6.18. The van der Waals surface area contributed by atoms with Crippen LogP contribution in [0, 0.1) is 17.1 Å². The van der Waals surface area contributed by atoms with E-state index in [9.17, 15) is 14.0 Å². The largest absolute Gasteiger partial charge is 0.494 e. The second-order valence-electron chi connectivity index (χ2n) is 7.36. The SMILES string of the molecule is CCCOc1ccc(C2=C(Nc3ccc(F)cc3)C(=O)N(c3ccc(C#N)cc3)C2=O)cc1. The van der Waals surface area contributed by atoms with E-state index in [2.05, 4.69) is 5.32 Å². The van der Waals surface area contributed by atoms with Crippen molar-refractivity contribution in [2.24, 2.45) is 0 Å². The number of amides is 2. The molecule has 0 aromatic heterocycles. The Hall–Kier alpha value is -4.44. The molecule has 0 saturated heterocycles. The summed E-state index contributed by atoms with van der Waals surface area (Å²) in [6, 6.07) is 20.6. The van der Waals surface area contributed by atoms with Crippen molar-refractivity contribution in [1.29, 1.82) is 5.26 Å². The Balaban J connectivity index is 1.74. The normalized spacial score (nSPS) is 13.3. The zero-order chi connectivity index (χ0) is 23.4. The van der Waals surface area contributed by atoms with Crippen molar-refractivity contribution in [2.45, 2.75) is 13.3 Å². The summed E-state index contributed by atoms with van der Waals surface area (Å²) in [5.74, 6) is -0.799. The van der Waals surface area contributed by atoms with Crippen molar-refractivity contribution >= 4 is 28.8 Å². The number of nitriles is 1. The maximum Gasteiger partial charge on any atom is 0.282 e. The van der Waals surface area contributed by atoms with E-state index in [0.717, 1.165) is 11.3 Å². The molecule has 0 saturated carbocycles. The van der Waals surface area contributed by atoms with Crippen molar-refractivity contribution in [3.63, 3.8) is 0 Å². The van der Waals surface area contributed by atoms with Gasteiger partial charge in [-0.15, -0.1) is 0 Å². The minimum atomic E-state index is -0.546. The number of anilines is 2. The zero-order valence-electron chi connectivity index (χ0n) is 17.8. The number of rotatable bonds is 7. The molecule has 0 atom stereocenters. The average molecular weight is 441 g/mol. The molecule has 3 aromatic carbocycles. The van der Waals surface area contributed by atoms with Crippen LogP contribution in [0.4, 0.5) is 15.8 Å². The minimum absolute atomic E-state index is 0.0817. The summed E-state index contributed by atoms with van der Waals surface area (Å²) in [5, 5.41) is 12.0. The van der Waals surface area contributed by atoms with Gasteiger partial charge in [-0.3, -0.25) is 9.59 Å². The molecule has 4 rings (SSSR count). The molecular weight excluding hydrogens is 421 g/mol. The maximum atomic E-state index is 13.4. The first-order valence-corrected chi connectivity index (χ1v) is 10.4. The number of ether oxygens (including phenoxy) is 1. The van der Waals surface area contributed by atoms with E-state index in [0.29, 0.717) is 34.9 Å². The van der Waals surface area contributed by atoms with E-state index >= 15 is 0 Å². The van der Waals surface area contributed by atoms with Crippen LogP contribution in [0.5, 0.6) is 5.75 Å². The van der Waals surface area contributed by atoms with Crippen LogP contribution in [0.3, 0.4) is 0 Å². The summed E-state index contributed by atoms with van der Waals surface area (Å²) in [6.45, 7) is 2.58. The van der Waals surface area contributed by atoms with Gasteiger partial charge in [0, 0.05) is 5.69 Å². The van der Waals surface area contributed by atoms with Gasteiger partial charge in [-0.25, -0.2) is 9.29 Å². The Morgan fingerprint density at radius 1 is 0.939 bits per heavy atom. The molecule has 164 valence electrons. The number of nitrogens with zero attached hydrogens (tertiary/aromatic N) is 2. The van der Waals surface area contributed by atoms with Crippen LogP contribution in [0.15, 0.2) is 78.5 Å². The third kappa shape index (κ3) is 4.46. The van der Waals surface area contributed by atoms with Crippen LogP contribution >= 0.6 is 0 Å². The highest BCUT2D eigenvalue weighted by molar-refractivity contribution is 6.46. The molecule has 0 spiro atoms. The molecule has 0 bridgehead atoms. The highest BCUT2D eigenvalue weighted by Crippen LogP contribution is 2.34. The molecule has 7 heteroatoms. The quantitative estimate of drug-likeness (QED) is 0.529. The van der Waals surface area contributed by atoms with Crippen LogP contribution in [-0.4, -0.2) is 18.4 Å². The highest BCUT2D eigenvalue weighted by atomic mass is 19.1. The summed E-state index contributed by atoms with van der Waals surface area (Å²) in [6.07, 6.45) is 0.866. The predicted molar refractivity (Wildman–Crippen MR) is 123 cm³/mol. The molecule has 33 heavy (non-hydrogen) atoms. The van der Waals surface area contributed by atoms with E-state index in [1.54, 1.807) is 48.5 Å². The van der Waals surface area contributed by atoms with Crippen molar-refractivity contribution in [3.8, 4) is 11.8 Å². The van der Waals surface area contributed by atoms with Crippen molar-refractivity contribution in [2.75, 3.05) is 16.8 Å². The van der Waals surface area contributed by atoms with Gasteiger partial charge in [-0.1, -0.05) is 19.1 Å². The molecule has 6 nitrogen and oxygen atoms in total. The molecule has 2 amide bonds. The highest BCUT2D eigenvalue weighted by Gasteiger charge is 2.40. The smallest absolute Gasteiger partial charge is 0.282 e. The van der Waals surface area contributed by atoms with Gasteiger partial charge in [0.25, 0.3) is 11.8 Å². The van der Waals surface area contributed by atoms with Gasteiger partial charge in [-0.05, 0) is 72.6 Å². The summed E-state index contributed by atoms with van der Waals surface area (Å²) in [5.41, 5.74) is 2.04. The molecule has 0 fully saturated rings. The van der Waals surface area contributed by atoms with E-state index in [4.69, 9.17) is 10.00 Å². The van der Waals surface area contributed by atoms with Crippen molar-refractivity contribution in [3.05, 3.63) is 95.4 Å². The predicted octanol–water partition coefficient (Wildman–Crippen LogP) is 4.88. The number of halogens is 1. The van der Waals surface area contributed by atoms with Gasteiger partial charge in [0.2, 0.25) is 0 Å². The average Bonchev–Trinajstić information content (AvgIpc) is 3.08. The lowest BCUT2D eigenvalue weighted by molar-refractivity contribution is -0.120. The lowest BCUT2D eigenvalue weighted by atomic mass is 10.0. The summed E-state index contributed by atoms with van der Waals surface area (Å²) >= 11 is 0. The molecule has 0 aliphatic carbocycles.